The van der Waals surface area contributed by atoms with Crippen molar-refractivity contribution < 1.29 is 19.1 Å². The third-order valence-corrected chi connectivity index (χ3v) is 3.37. The van der Waals surface area contributed by atoms with Gasteiger partial charge in [0.2, 0.25) is 0 Å². The fourth-order valence-corrected chi connectivity index (χ4v) is 2.03. The zero-order valence-corrected chi connectivity index (χ0v) is 13.8. The average Bonchev–Trinajstić information content (AvgIpc) is 2.60. The van der Waals surface area contributed by atoms with Gasteiger partial charge in [0.1, 0.15) is 5.75 Å². The smallest absolute Gasteiger partial charge is 0.344 e. The topological polar surface area (TPSA) is 64.6 Å². The molecule has 0 aliphatic heterocycles. The van der Waals surface area contributed by atoms with Crippen molar-refractivity contribution in [1.82, 2.24) is 5.32 Å². The summed E-state index contributed by atoms with van der Waals surface area (Å²) in [4.78, 5) is 23.1. The van der Waals surface area contributed by atoms with Crippen LogP contribution in [0.15, 0.2) is 54.6 Å². The largest absolute Gasteiger partial charge is 0.482 e. The van der Waals surface area contributed by atoms with Crippen molar-refractivity contribution in [2.75, 3.05) is 19.8 Å². The maximum absolute atomic E-state index is 11.6. The Labute approximate surface area is 145 Å². The van der Waals surface area contributed by atoms with E-state index in [1.54, 1.807) is 24.3 Å². The van der Waals surface area contributed by atoms with Crippen LogP contribution in [0.25, 0.3) is 0 Å². The van der Waals surface area contributed by atoms with E-state index in [2.05, 4.69) is 5.32 Å². The number of carbonyl (C=O) groups excluding carboxylic acids is 2. The summed E-state index contributed by atoms with van der Waals surface area (Å²) in [5.41, 5.74) is 1.13. The Morgan fingerprint density at radius 2 is 1.67 bits per heavy atom. The minimum absolute atomic E-state index is 0.265. The number of benzene rings is 2. The first kappa shape index (κ1) is 17.8. The van der Waals surface area contributed by atoms with Gasteiger partial charge in [-0.15, -0.1) is 0 Å². The van der Waals surface area contributed by atoms with Crippen LogP contribution in [0.4, 0.5) is 0 Å². The first-order chi connectivity index (χ1) is 11.6. The van der Waals surface area contributed by atoms with Gasteiger partial charge < -0.3 is 14.8 Å². The summed E-state index contributed by atoms with van der Waals surface area (Å²) in [5, 5.41) is 3.28. The van der Waals surface area contributed by atoms with Gasteiger partial charge in [0.05, 0.1) is 0 Å². The van der Waals surface area contributed by atoms with Crippen LogP contribution in [-0.2, 0) is 20.7 Å². The van der Waals surface area contributed by atoms with Gasteiger partial charge >= 0.3 is 5.97 Å². The Balaban J connectivity index is 1.59. The Morgan fingerprint density at radius 3 is 2.38 bits per heavy atom. The molecule has 0 heterocycles. The predicted molar refractivity (Wildman–Crippen MR) is 91.1 cm³/mol. The van der Waals surface area contributed by atoms with Crippen LogP contribution in [0.3, 0.4) is 0 Å². The molecule has 0 aliphatic rings. The quantitative estimate of drug-likeness (QED) is 0.745. The van der Waals surface area contributed by atoms with Gasteiger partial charge in [-0.1, -0.05) is 41.9 Å². The summed E-state index contributed by atoms with van der Waals surface area (Å²) < 4.78 is 10.1. The number of halogens is 1. The van der Waals surface area contributed by atoms with Crippen molar-refractivity contribution in [2.45, 2.75) is 6.42 Å². The van der Waals surface area contributed by atoms with Crippen molar-refractivity contribution in [1.29, 1.82) is 0 Å². The number of ether oxygens (including phenoxy) is 2. The molecule has 0 saturated heterocycles. The van der Waals surface area contributed by atoms with Gasteiger partial charge in [0.25, 0.3) is 5.91 Å². The molecule has 2 aromatic rings. The number of amides is 1. The number of nitrogens with one attached hydrogen (secondary N) is 1. The lowest BCUT2D eigenvalue weighted by Crippen LogP contribution is -2.31. The molecule has 5 nitrogen and oxygen atoms in total. The Bertz CT molecular complexity index is 658. The lowest BCUT2D eigenvalue weighted by atomic mass is 10.1. The maximum Gasteiger partial charge on any atom is 0.344 e. The summed E-state index contributed by atoms with van der Waals surface area (Å²) in [7, 11) is 0. The van der Waals surface area contributed by atoms with Crippen LogP contribution in [-0.4, -0.2) is 31.6 Å². The van der Waals surface area contributed by atoms with E-state index in [9.17, 15) is 9.59 Å². The van der Waals surface area contributed by atoms with Gasteiger partial charge in [-0.05, 0) is 36.2 Å². The molecular formula is C18H18ClNO4. The third kappa shape index (κ3) is 6.71. The normalized spacial score (nSPS) is 10.0. The lowest BCUT2D eigenvalue weighted by Gasteiger charge is -2.08. The van der Waals surface area contributed by atoms with Crippen molar-refractivity contribution in [3.8, 4) is 5.75 Å². The van der Waals surface area contributed by atoms with E-state index in [0.29, 0.717) is 17.3 Å². The molecule has 0 atom stereocenters. The highest BCUT2D eigenvalue weighted by Gasteiger charge is 2.08. The molecule has 1 amide bonds. The Morgan fingerprint density at radius 1 is 0.958 bits per heavy atom. The SMILES string of the molecule is O=C(COC(=O)COc1ccc(Cl)cc1)NCCc1ccccc1. The molecule has 0 aliphatic carbocycles. The summed E-state index contributed by atoms with van der Waals surface area (Å²) in [6.07, 6.45) is 0.722. The summed E-state index contributed by atoms with van der Waals surface area (Å²) in [5.74, 6) is -0.447. The van der Waals surface area contributed by atoms with Crippen molar-refractivity contribution in [2.24, 2.45) is 0 Å². The van der Waals surface area contributed by atoms with Gasteiger partial charge in [-0.3, -0.25) is 4.79 Å². The maximum atomic E-state index is 11.6. The molecule has 0 spiro atoms. The molecule has 2 rings (SSSR count). The fourth-order valence-electron chi connectivity index (χ4n) is 1.90. The van der Waals surface area contributed by atoms with Gasteiger partial charge in [0, 0.05) is 11.6 Å². The van der Waals surface area contributed by atoms with Crippen molar-refractivity contribution in [3.63, 3.8) is 0 Å². The van der Waals surface area contributed by atoms with Crippen LogP contribution in [0.2, 0.25) is 5.02 Å². The first-order valence-electron chi connectivity index (χ1n) is 7.48. The number of carbonyl (C=O) groups is 2. The molecule has 6 heteroatoms. The molecule has 24 heavy (non-hydrogen) atoms. The molecule has 0 unspecified atom stereocenters. The van der Waals surface area contributed by atoms with Crippen molar-refractivity contribution in [3.05, 3.63) is 65.2 Å². The molecule has 1 N–H and O–H groups in total. The van der Waals surface area contributed by atoms with Crippen LogP contribution >= 0.6 is 11.6 Å². The summed E-state index contributed by atoms with van der Waals surface area (Å²) >= 11 is 5.75. The molecule has 0 saturated carbocycles. The second-order valence-corrected chi connectivity index (χ2v) is 5.43. The summed E-state index contributed by atoms with van der Waals surface area (Å²) in [6, 6.07) is 16.4. The van der Waals surface area contributed by atoms with E-state index in [-0.39, 0.29) is 19.1 Å². The van der Waals surface area contributed by atoms with E-state index in [4.69, 9.17) is 21.1 Å². The standard InChI is InChI=1S/C18H18ClNO4/c19-15-6-8-16(9-7-15)23-13-18(22)24-12-17(21)20-11-10-14-4-2-1-3-5-14/h1-9H,10-13H2,(H,20,21). The van der Waals surface area contributed by atoms with E-state index >= 15 is 0 Å². The van der Waals surface area contributed by atoms with Gasteiger partial charge in [-0.25, -0.2) is 4.79 Å². The molecule has 2 aromatic carbocycles. The molecule has 0 radical (unpaired) electrons. The van der Waals surface area contributed by atoms with Crippen LogP contribution < -0.4 is 10.1 Å². The predicted octanol–water partition coefficient (Wildman–Crippen LogP) is 2.62. The van der Waals surface area contributed by atoms with Crippen molar-refractivity contribution >= 4 is 23.5 Å². The number of hydrogen-bond acceptors (Lipinski definition) is 4. The minimum Gasteiger partial charge on any atom is -0.482 e. The monoisotopic (exact) mass is 347 g/mol. The highest BCUT2D eigenvalue weighted by atomic mass is 35.5. The summed E-state index contributed by atoms with van der Waals surface area (Å²) in [6.45, 7) is -0.0990. The second kappa shape index (κ2) is 9.57. The van der Waals surface area contributed by atoms with E-state index in [1.807, 2.05) is 30.3 Å². The third-order valence-electron chi connectivity index (χ3n) is 3.11. The second-order valence-electron chi connectivity index (χ2n) is 4.99. The number of rotatable bonds is 8. The molecular weight excluding hydrogens is 330 g/mol. The Kier molecular flexibility index (Phi) is 7.11. The van der Waals surface area contributed by atoms with Gasteiger partial charge in [0.15, 0.2) is 13.2 Å². The lowest BCUT2D eigenvalue weighted by molar-refractivity contribution is -0.150. The fraction of sp³-hybridized carbons (Fsp3) is 0.222. The zero-order valence-electron chi connectivity index (χ0n) is 13.0. The minimum atomic E-state index is -0.608. The van der Waals surface area contributed by atoms with Crippen LogP contribution in [0, 0.1) is 0 Å². The molecule has 0 bridgehead atoms. The zero-order chi connectivity index (χ0) is 17.2. The Hall–Kier alpha value is -2.53. The molecule has 0 fully saturated rings. The van der Waals surface area contributed by atoms with Crippen LogP contribution in [0.1, 0.15) is 5.56 Å². The number of esters is 1. The highest BCUT2D eigenvalue weighted by Crippen LogP contribution is 2.15. The molecule has 0 aromatic heterocycles. The number of hydrogen-bond donors (Lipinski definition) is 1. The molecule has 126 valence electrons. The first-order valence-corrected chi connectivity index (χ1v) is 7.86. The highest BCUT2D eigenvalue weighted by molar-refractivity contribution is 6.30. The average molecular weight is 348 g/mol. The van der Waals surface area contributed by atoms with E-state index < -0.39 is 5.97 Å². The van der Waals surface area contributed by atoms with Crippen LogP contribution in [0.5, 0.6) is 5.75 Å². The van der Waals surface area contributed by atoms with Gasteiger partial charge in [-0.2, -0.15) is 0 Å². The van der Waals surface area contributed by atoms with E-state index in [1.165, 1.54) is 0 Å². The van der Waals surface area contributed by atoms with E-state index in [0.717, 1.165) is 12.0 Å².